The maximum absolute atomic E-state index is 10.8. The van der Waals surface area contributed by atoms with Crippen LogP contribution in [-0.4, -0.2) is 4.57 Å². The number of hydrogen-bond donors (Lipinski definition) is 0. The predicted octanol–water partition coefficient (Wildman–Crippen LogP) is 1.63. The molecule has 0 atom stereocenters. The summed E-state index contributed by atoms with van der Waals surface area (Å²) in [6.07, 6.45) is 11.5. The summed E-state index contributed by atoms with van der Waals surface area (Å²) < 4.78 is 2.92. The van der Waals surface area contributed by atoms with Gasteiger partial charge < -0.3 is 5.21 Å². The molecule has 1 fully saturated rings. The Labute approximate surface area is 72.2 Å². The Morgan fingerprint density at radius 1 is 1.25 bits per heavy atom. The van der Waals surface area contributed by atoms with Gasteiger partial charge in [0.25, 0.3) is 0 Å². The standard InChI is InChI=1S/C9H14N2O/c12-11-7-6-10(8-11)9-4-2-1-3-5-9/h6-9H,1-5H2. The highest BCUT2D eigenvalue weighted by atomic mass is 16.5. The molecule has 1 aromatic rings. The number of nitrogens with zero attached hydrogens (tertiary/aromatic N) is 2. The number of aromatic nitrogens is 2. The Balaban J connectivity index is 2.08. The fourth-order valence-electron chi connectivity index (χ4n) is 1.95. The maximum atomic E-state index is 10.8. The van der Waals surface area contributed by atoms with E-state index in [1.54, 1.807) is 12.5 Å². The van der Waals surface area contributed by atoms with Crippen molar-refractivity contribution in [3.8, 4) is 0 Å². The molecule has 1 heterocycles. The van der Waals surface area contributed by atoms with Crippen LogP contribution in [0, 0.1) is 5.21 Å². The second kappa shape index (κ2) is 3.17. The van der Waals surface area contributed by atoms with Gasteiger partial charge in [-0.2, -0.15) is 0 Å². The summed E-state index contributed by atoms with van der Waals surface area (Å²) in [5, 5.41) is 10.8. The van der Waals surface area contributed by atoms with Gasteiger partial charge in [-0.25, -0.2) is 9.30 Å². The van der Waals surface area contributed by atoms with E-state index in [0.717, 1.165) is 4.73 Å². The quantitative estimate of drug-likeness (QED) is 0.461. The largest absolute Gasteiger partial charge is 0.711 e. The Bertz CT molecular complexity index is 251. The van der Waals surface area contributed by atoms with Crippen LogP contribution >= 0.6 is 0 Å². The Kier molecular flexibility index (Phi) is 2.02. The van der Waals surface area contributed by atoms with Gasteiger partial charge in [0.2, 0.25) is 6.33 Å². The van der Waals surface area contributed by atoms with Gasteiger partial charge in [0, 0.05) is 0 Å². The van der Waals surface area contributed by atoms with E-state index in [1.165, 1.54) is 32.1 Å². The van der Waals surface area contributed by atoms with Crippen molar-refractivity contribution in [1.29, 1.82) is 0 Å². The molecule has 66 valence electrons. The third kappa shape index (κ3) is 1.44. The zero-order valence-electron chi connectivity index (χ0n) is 7.15. The molecule has 0 saturated heterocycles. The molecule has 0 aromatic carbocycles. The van der Waals surface area contributed by atoms with E-state index in [0.29, 0.717) is 6.04 Å². The minimum absolute atomic E-state index is 0.578. The molecule has 1 aromatic heterocycles. The smallest absolute Gasteiger partial charge is 0.247 e. The third-order valence-electron chi connectivity index (χ3n) is 2.63. The zero-order chi connectivity index (χ0) is 8.39. The van der Waals surface area contributed by atoms with Crippen LogP contribution < -0.4 is 4.73 Å². The van der Waals surface area contributed by atoms with Crippen molar-refractivity contribution in [2.45, 2.75) is 38.1 Å². The first-order valence-corrected chi connectivity index (χ1v) is 4.62. The van der Waals surface area contributed by atoms with Gasteiger partial charge in [-0.05, 0) is 25.7 Å². The number of hydrogen-bond acceptors (Lipinski definition) is 1. The summed E-state index contributed by atoms with van der Waals surface area (Å²) in [5.41, 5.74) is 0. The van der Waals surface area contributed by atoms with Crippen molar-refractivity contribution in [1.82, 2.24) is 4.57 Å². The lowest BCUT2D eigenvalue weighted by atomic mass is 9.95. The molecule has 1 aliphatic rings. The monoisotopic (exact) mass is 166 g/mol. The van der Waals surface area contributed by atoms with Gasteiger partial charge in [0.1, 0.15) is 18.4 Å². The van der Waals surface area contributed by atoms with Gasteiger partial charge >= 0.3 is 0 Å². The van der Waals surface area contributed by atoms with Crippen LogP contribution in [0.1, 0.15) is 38.1 Å². The van der Waals surface area contributed by atoms with Crippen LogP contribution in [0.4, 0.5) is 0 Å². The molecule has 2 rings (SSSR count). The van der Waals surface area contributed by atoms with E-state index >= 15 is 0 Å². The van der Waals surface area contributed by atoms with Crippen molar-refractivity contribution < 1.29 is 4.73 Å². The normalized spacial score (nSPS) is 19.7. The summed E-state index contributed by atoms with van der Waals surface area (Å²) in [4.78, 5) is 0. The number of rotatable bonds is 1. The highest BCUT2D eigenvalue weighted by Gasteiger charge is 2.18. The second-order valence-corrected chi connectivity index (χ2v) is 3.51. The second-order valence-electron chi connectivity index (χ2n) is 3.51. The number of imidazole rings is 1. The summed E-state index contributed by atoms with van der Waals surface area (Å²) in [7, 11) is 0. The molecule has 0 spiro atoms. The topological polar surface area (TPSA) is 31.9 Å². The fraction of sp³-hybridized carbons (Fsp3) is 0.667. The first-order chi connectivity index (χ1) is 5.86. The molecule has 0 aliphatic heterocycles. The first kappa shape index (κ1) is 7.65. The van der Waals surface area contributed by atoms with Crippen LogP contribution in [0.25, 0.3) is 0 Å². The van der Waals surface area contributed by atoms with Gasteiger partial charge in [0.05, 0.1) is 0 Å². The van der Waals surface area contributed by atoms with Crippen LogP contribution in [0.5, 0.6) is 0 Å². The van der Waals surface area contributed by atoms with Crippen molar-refractivity contribution in [2.24, 2.45) is 0 Å². The van der Waals surface area contributed by atoms with Crippen LogP contribution in [0.2, 0.25) is 0 Å². The molecule has 3 nitrogen and oxygen atoms in total. The summed E-state index contributed by atoms with van der Waals surface area (Å²) >= 11 is 0. The highest BCUT2D eigenvalue weighted by molar-refractivity contribution is 4.77. The lowest BCUT2D eigenvalue weighted by Crippen LogP contribution is -2.22. The molecule has 1 aliphatic carbocycles. The van der Waals surface area contributed by atoms with E-state index in [9.17, 15) is 5.21 Å². The van der Waals surface area contributed by atoms with E-state index in [-0.39, 0.29) is 0 Å². The lowest BCUT2D eigenvalue weighted by molar-refractivity contribution is -0.605. The molecule has 12 heavy (non-hydrogen) atoms. The molecule has 0 N–H and O–H groups in total. The van der Waals surface area contributed by atoms with E-state index in [4.69, 9.17) is 0 Å². The predicted molar refractivity (Wildman–Crippen MR) is 45.5 cm³/mol. The van der Waals surface area contributed by atoms with Crippen molar-refractivity contribution in [3.63, 3.8) is 0 Å². The fourth-order valence-corrected chi connectivity index (χ4v) is 1.95. The summed E-state index contributed by atoms with van der Waals surface area (Å²) in [6.45, 7) is 0. The van der Waals surface area contributed by atoms with Crippen molar-refractivity contribution in [3.05, 3.63) is 23.9 Å². The van der Waals surface area contributed by atoms with E-state index < -0.39 is 0 Å². The van der Waals surface area contributed by atoms with Gasteiger partial charge in [-0.1, -0.05) is 6.42 Å². The zero-order valence-corrected chi connectivity index (χ0v) is 7.15. The van der Waals surface area contributed by atoms with E-state index in [1.807, 2.05) is 10.8 Å². The van der Waals surface area contributed by atoms with E-state index in [2.05, 4.69) is 0 Å². The summed E-state index contributed by atoms with van der Waals surface area (Å²) in [5.74, 6) is 0. The summed E-state index contributed by atoms with van der Waals surface area (Å²) in [6, 6.07) is 0.578. The molecule has 3 heteroatoms. The van der Waals surface area contributed by atoms with Crippen LogP contribution in [-0.2, 0) is 0 Å². The SMILES string of the molecule is [O-][n+]1ccn(C2CCCCC2)c1. The third-order valence-corrected chi connectivity index (χ3v) is 2.63. The Morgan fingerprint density at radius 2 is 2.00 bits per heavy atom. The molecule has 0 unspecified atom stereocenters. The molecule has 0 amide bonds. The lowest BCUT2D eigenvalue weighted by Gasteiger charge is -2.18. The van der Waals surface area contributed by atoms with Gasteiger partial charge in [-0.3, -0.25) is 0 Å². The van der Waals surface area contributed by atoms with Crippen LogP contribution in [0.15, 0.2) is 18.7 Å². The average Bonchev–Trinajstić information content (AvgIpc) is 2.54. The molecule has 0 radical (unpaired) electrons. The molecule has 1 saturated carbocycles. The maximum Gasteiger partial charge on any atom is 0.247 e. The Hall–Kier alpha value is -0.990. The highest BCUT2D eigenvalue weighted by Crippen LogP contribution is 2.27. The molecular weight excluding hydrogens is 152 g/mol. The van der Waals surface area contributed by atoms with Crippen LogP contribution in [0.3, 0.4) is 0 Å². The first-order valence-electron chi connectivity index (χ1n) is 4.62. The Morgan fingerprint density at radius 3 is 2.58 bits per heavy atom. The minimum atomic E-state index is 0.578. The van der Waals surface area contributed by atoms with Crippen molar-refractivity contribution in [2.75, 3.05) is 0 Å². The average molecular weight is 166 g/mol. The van der Waals surface area contributed by atoms with Gasteiger partial charge in [0.15, 0.2) is 0 Å². The molecule has 0 bridgehead atoms. The van der Waals surface area contributed by atoms with Crippen molar-refractivity contribution >= 4 is 0 Å². The molecular formula is C9H14N2O. The van der Waals surface area contributed by atoms with Gasteiger partial charge in [-0.15, -0.1) is 0 Å². The minimum Gasteiger partial charge on any atom is -0.711 e.